The van der Waals surface area contributed by atoms with E-state index < -0.39 is 10.0 Å². The summed E-state index contributed by atoms with van der Waals surface area (Å²) >= 11 is 0. The van der Waals surface area contributed by atoms with E-state index in [0.29, 0.717) is 12.6 Å². The van der Waals surface area contributed by atoms with Crippen molar-refractivity contribution in [3.05, 3.63) is 6.20 Å². The predicted molar refractivity (Wildman–Crippen MR) is 80.3 cm³/mol. The monoisotopic (exact) mass is 313 g/mol. The van der Waals surface area contributed by atoms with Crippen LogP contribution in [0.1, 0.15) is 32.6 Å². The molecule has 1 aromatic rings. The Balaban J connectivity index is 1.68. The second-order valence-electron chi connectivity index (χ2n) is 5.97. The summed E-state index contributed by atoms with van der Waals surface area (Å²) in [5.41, 5.74) is 5.76. The van der Waals surface area contributed by atoms with Crippen LogP contribution >= 0.6 is 0 Å². The molecular formula is C13H23N5O2S. The highest BCUT2D eigenvalue weighted by Gasteiger charge is 2.36. The standard InChI is InChI=1S/C13H23N5O2S/c1-2-6-18-9-12(13(14)15-18)21(19,20)16-10-5-7-17(8-10)11-3-4-11/h9-11,16H,2-8H2,1H3,(H2,14,15). The Hall–Kier alpha value is -1.12. The lowest BCUT2D eigenvalue weighted by atomic mass is 10.3. The molecule has 2 fully saturated rings. The minimum Gasteiger partial charge on any atom is -0.381 e. The van der Waals surface area contributed by atoms with E-state index in [1.54, 1.807) is 4.68 Å². The molecule has 7 nitrogen and oxygen atoms in total. The van der Waals surface area contributed by atoms with Gasteiger partial charge >= 0.3 is 0 Å². The number of aromatic nitrogens is 2. The van der Waals surface area contributed by atoms with Crippen molar-refractivity contribution in [1.82, 2.24) is 19.4 Å². The maximum Gasteiger partial charge on any atom is 0.246 e. The molecule has 1 aliphatic heterocycles. The summed E-state index contributed by atoms with van der Waals surface area (Å²) in [6.45, 7) is 4.45. The van der Waals surface area contributed by atoms with Crippen molar-refractivity contribution in [1.29, 1.82) is 0 Å². The van der Waals surface area contributed by atoms with E-state index in [1.807, 2.05) is 6.92 Å². The molecule has 2 aliphatic rings. The van der Waals surface area contributed by atoms with Crippen LogP contribution in [0.3, 0.4) is 0 Å². The number of hydrogen-bond donors (Lipinski definition) is 2. The molecular weight excluding hydrogens is 290 g/mol. The first-order chi connectivity index (χ1) is 9.99. The minimum absolute atomic E-state index is 0.0236. The van der Waals surface area contributed by atoms with Gasteiger partial charge < -0.3 is 5.73 Å². The Morgan fingerprint density at radius 2 is 2.19 bits per heavy atom. The third kappa shape index (κ3) is 3.22. The van der Waals surface area contributed by atoms with Crippen LogP contribution in [0.4, 0.5) is 5.82 Å². The van der Waals surface area contributed by atoms with Crippen molar-refractivity contribution >= 4 is 15.8 Å². The van der Waals surface area contributed by atoms with E-state index in [4.69, 9.17) is 5.73 Å². The van der Waals surface area contributed by atoms with E-state index in [2.05, 4.69) is 14.7 Å². The number of aryl methyl sites for hydroxylation is 1. The molecule has 1 atom stereocenters. The van der Waals surface area contributed by atoms with Crippen molar-refractivity contribution in [2.24, 2.45) is 0 Å². The highest BCUT2D eigenvalue weighted by Crippen LogP contribution is 2.30. The van der Waals surface area contributed by atoms with Crippen LogP contribution in [-0.2, 0) is 16.6 Å². The van der Waals surface area contributed by atoms with Gasteiger partial charge in [0, 0.05) is 37.9 Å². The maximum absolute atomic E-state index is 12.5. The second-order valence-corrected chi connectivity index (χ2v) is 7.66. The van der Waals surface area contributed by atoms with Crippen molar-refractivity contribution in [3.63, 3.8) is 0 Å². The SMILES string of the molecule is CCCn1cc(S(=O)(=O)NC2CCN(C3CC3)C2)c(N)n1. The summed E-state index contributed by atoms with van der Waals surface area (Å²) in [4.78, 5) is 2.47. The topological polar surface area (TPSA) is 93.2 Å². The first kappa shape index (κ1) is 14.8. The number of anilines is 1. The molecule has 0 spiro atoms. The minimum atomic E-state index is -3.59. The molecule has 0 bridgehead atoms. The molecule has 1 aromatic heterocycles. The lowest BCUT2D eigenvalue weighted by Crippen LogP contribution is -2.37. The van der Waals surface area contributed by atoms with Crippen LogP contribution < -0.4 is 10.5 Å². The third-order valence-electron chi connectivity index (χ3n) is 4.10. The average molecular weight is 313 g/mol. The summed E-state index contributed by atoms with van der Waals surface area (Å²) < 4.78 is 29.3. The average Bonchev–Trinajstić information content (AvgIpc) is 3.05. The lowest BCUT2D eigenvalue weighted by Gasteiger charge is -2.15. The van der Waals surface area contributed by atoms with E-state index in [-0.39, 0.29) is 16.8 Å². The van der Waals surface area contributed by atoms with E-state index in [0.717, 1.165) is 25.9 Å². The zero-order valence-electron chi connectivity index (χ0n) is 12.3. The highest BCUT2D eigenvalue weighted by molar-refractivity contribution is 7.89. The van der Waals surface area contributed by atoms with Crippen molar-refractivity contribution in [2.75, 3.05) is 18.8 Å². The van der Waals surface area contributed by atoms with Gasteiger partial charge in [0.15, 0.2) is 5.82 Å². The molecule has 1 unspecified atom stereocenters. The Labute approximate surface area is 125 Å². The molecule has 118 valence electrons. The summed E-state index contributed by atoms with van der Waals surface area (Å²) in [5, 5.41) is 4.06. The molecule has 8 heteroatoms. The van der Waals surface area contributed by atoms with Crippen LogP contribution in [0.5, 0.6) is 0 Å². The van der Waals surface area contributed by atoms with Gasteiger partial charge in [-0.1, -0.05) is 6.92 Å². The Morgan fingerprint density at radius 1 is 1.43 bits per heavy atom. The van der Waals surface area contributed by atoms with E-state index >= 15 is 0 Å². The number of sulfonamides is 1. The predicted octanol–water partition coefficient (Wildman–Crippen LogP) is 0.390. The van der Waals surface area contributed by atoms with Gasteiger partial charge in [-0.2, -0.15) is 5.10 Å². The zero-order valence-corrected chi connectivity index (χ0v) is 13.1. The van der Waals surface area contributed by atoms with Gasteiger partial charge in [-0.25, -0.2) is 13.1 Å². The number of nitrogen functional groups attached to an aromatic ring is 1. The number of likely N-dealkylation sites (tertiary alicyclic amines) is 1. The Kier molecular flexibility index (Phi) is 3.94. The van der Waals surface area contributed by atoms with Crippen LogP contribution in [-0.4, -0.2) is 48.3 Å². The second kappa shape index (κ2) is 5.58. The van der Waals surface area contributed by atoms with Crippen molar-refractivity contribution < 1.29 is 8.42 Å². The van der Waals surface area contributed by atoms with Gasteiger partial charge in [0.25, 0.3) is 0 Å². The number of nitrogens with one attached hydrogen (secondary N) is 1. The van der Waals surface area contributed by atoms with Crippen LogP contribution in [0.2, 0.25) is 0 Å². The van der Waals surface area contributed by atoms with Gasteiger partial charge in [-0.15, -0.1) is 0 Å². The van der Waals surface area contributed by atoms with Crippen LogP contribution in [0.25, 0.3) is 0 Å². The summed E-state index contributed by atoms with van der Waals surface area (Å²) in [7, 11) is -3.59. The largest absolute Gasteiger partial charge is 0.381 e. The Morgan fingerprint density at radius 3 is 2.86 bits per heavy atom. The molecule has 0 amide bonds. The molecule has 1 aliphatic carbocycles. The first-order valence-electron chi connectivity index (χ1n) is 7.59. The first-order valence-corrected chi connectivity index (χ1v) is 9.07. The normalized spacial score (nSPS) is 23.8. The summed E-state index contributed by atoms with van der Waals surface area (Å²) in [6.07, 6.45) is 5.76. The molecule has 3 N–H and O–H groups in total. The summed E-state index contributed by atoms with van der Waals surface area (Å²) in [6, 6.07) is 0.654. The number of nitrogens with zero attached hydrogens (tertiary/aromatic N) is 3. The number of rotatable bonds is 6. The summed E-state index contributed by atoms with van der Waals surface area (Å²) in [5.74, 6) is 0.0768. The fraction of sp³-hybridized carbons (Fsp3) is 0.769. The smallest absolute Gasteiger partial charge is 0.246 e. The molecule has 0 aromatic carbocycles. The van der Waals surface area contributed by atoms with E-state index in [1.165, 1.54) is 19.0 Å². The van der Waals surface area contributed by atoms with Crippen molar-refractivity contribution in [3.8, 4) is 0 Å². The van der Waals surface area contributed by atoms with Crippen LogP contribution in [0.15, 0.2) is 11.1 Å². The van der Waals surface area contributed by atoms with Crippen molar-refractivity contribution in [2.45, 2.75) is 56.1 Å². The van der Waals surface area contributed by atoms with E-state index in [9.17, 15) is 8.42 Å². The van der Waals surface area contributed by atoms with Gasteiger partial charge in [0.05, 0.1) is 0 Å². The lowest BCUT2D eigenvalue weighted by molar-refractivity contribution is 0.322. The quantitative estimate of drug-likeness (QED) is 0.792. The van der Waals surface area contributed by atoms with Gasteiger partial charge in [-0.3, -0.25) is 9.58 Å². The fourth-order valence-corrected chi connectivity index (χ4v) is 4.24. The molecule has 1 saturated heterocycles. The molecule has 2 heterocycles. The van der Waals surface area contributed by atoms with Gasteiger partial charge in [-0.05, 0) is 25.7 Å². The fourth-order valence-electron chi connectivity index (χ4n) is 2.91. The number of hydrogen-bond acceptors (Lipinski definition) is 5. The van der Waals surface area contributed by atoms with Gasteiger partial charge in [0.2, 0.25) is 10.0 Å². The van der Waals surface area contributed by atoms with Gasteiger partial charge in [0.1, 0.15) is 4.90 Å². The number of nitrogens with two attached hydrogens (primary N) is 1. The van der Waals surface area contributed by atoms with Crippen LogP contribution in [0, 0.1) is 0 Å². The molecule has 1 saturated carbocycles. The molecule has 0 radical (unpaired) electrons. The zero-order chi connectivity index (χ0) is 15.0. The maximum atomic E-state index is 12.5. The Bertz CT molecular complexity index is 608. The highest BCUT2D eigenvalue weighted by atomic mass is 32.2. The third-order valence-corrected chi connectivity index (χ3v) is 5.64. The molecule has 3 rings (SSSR count). The molecule has 21 heavy (non-hydrogen) atoms.